The van der Waals surface area contributed by atoms with Crippen molar-refractivity contribution < 1.29 is 18.8 Å². The Kier molecular flexibility index (Phi) is 3.96. The first kappa shape index (κ1) is 15.4. The van der Waals surface area contributed by atoms with Crippen molar-refractivity contribution in [2.75, 3.05) is 0 Å². The Hall–Kier alpha value is -2.53. The number of Topliss-reactive ketones (excluding diaryl/α,β-unsaturated/α-hetero) is 2. The number of nitrogens with one attached hydrogen (secondary N) is 1. The Balaban J connectivity index is 2.02. The Morgan fingerprint density at radius 1 is 1.04 bits per heavy atom. The summed E-state index contributed by atoms with van der Waals surface area (Å²) in [5.41, 5.74) is 0.351. The van der Waals surface area contributed by atoms with Gasteiger partial charge in [0.05, 0.1) is 6.04 Å². The van der Waals surface area contributed by atoms with Crippen molar-refractivity contribution in [2.45, 2.75) is 6.04 Å². The van der Waals surface area contributed by atoms with Gasteiger partial charge in [-0.2, -0.15) is 0 Å². The summed E-state index contributed by atoms with van der Waals surface area (Å²) in [7, 11) is 0. The maximum atomic E-state index is 14.0. The summed E-state index contributed by atoms with van der Waals surface area (Å²) in [6.45, 7) is 0. The van der Waals surface area contributed by atoms with Crippen LogP contribution in [0.15, 0.2) is 48.5 Å². The van der Waals surface area contributed by atoms with Gasteiger partial charge in [-0.3, -0.25) is 14.4 Å². The van der Waals surface area contributed by atoms with E-state index in [9.17, 15) is 18.8 Å². The molecule has 4 nitrogen and oxygen atoms in total. The third-order valence-electron chi connectivity index (χ3n) is 3.78. The van der Waals surface area contributed by atoms with E-state index in [4.69, 9.17) is 11.6 Å². The third kappa shape index (κ3) is 2.75. The van der Waals surface area contributed by atoms with Crippen molar-refractivity contribution in [3.05, 3.63) is 70.5 Å². The largest absolute Gasteiger partial charge is 0.341 e. The molecule has 0 aliphatic carbocycles. The minimum Gasteiger partial charge on any atom is -0.341 e. The molecule has 0 spiro atoms. The van der Waals surface area contributed by atoms with Gasteiger partial charge >= 0.3 is 0 Å². The smallest absolute Gasteiger partial charge is 0.288 e. The number of carbonyl (C=O) groups excluding carboxylic acids is 3. The molecule has 0 radical (unpaired) electrons. The minimum atomic E-state index is -1.29. The van der Waals surface area contributed by atoms with Crippen molar-refractivity contribution in [3.8, 4) is 0 Å². The molecule has 2 atom stereocenters. The summed E-state index contributed by atoms with van der Waals surface area (Å²) in [5, 5.41) is 2.84. The van der Waals surface area contributed by atoms with E-state index in [-0.39, 0.29) is 11.1 Å². The average Bonchev–Trinajstić information content (AvgIpc) is 2.83. The van der Waals surface area contributed by atoms with E-state index < -0.39 is 35.3 Å². The van der Waals surface area contributed by atoms with Crippen LogP contribution >= 0.6 is 11.6 Å². The van der Waals surface area contributed by atoms with Crippen molar-refractivity contribution in [2.24, 2.45) is 5.92 Å². The Morgan fingerprint density at radius 2 is 1.70 bits per heavy atom. The van der Waals surface area contributed by atoms with Crippen molar-refractivity contribution in [1.82, 2.24) is 5.32 Å². The maximum absolute atomic E-state index is 14.0. The zero-order chi connectivity index (χ0) is 16.6. The molecule has 23 heavy (non-hydrogen) atoms. The van der Waals surface area contributed by atoms with Crippen LogP contribution in [0, 0.1) is 11.7 Å². The fourth-order valence-corrected chi connectivity index (χ4v) is 2.76. The Bertz CT molecular complexity index is 804. The highest BCUT2D eigenvalue weighted by molar-refractivity contribution is 6.44. The fourth-order valence-electron chi connectivity index (χ4n) is 2.64. The fraction of sp³-hybridized carbons (Fsp3) is 0.118. The highest BCUT2D eigenvalue weighted by Crippen LogP contribution is 2.32. The second-order valence-electron chi connectivity index (χ2n) is 5.19. The van der Waals surface area contributed by atoms with E-state index >= 15 is 0 Å². The molecule has 2 unspecified atom stereocenters. The highest BCUT2D eigenvalue weighted by atomic mass is 35.5. The second-order valence-corrected chi connectivity index (χ2v) is 5.62. The van der Waals surface area contributed by atoms with Gasteiger partial charge in [-0.05, 0) is 30.3 Å². The van der Waals surface area contributed by atoms with Gasteiger partial charge in [-0.25, -0.2) is 4.39 Å². The molecule has 0 bridgehead atoms. The maximum Gasteiger partial charge on any atom is 0.288 e. The summed E-state index contributed by atoms with van der Waals surface area (Å²) in [4.78, 5) is 36.4. The Labute approximate surface area is 136 Å². The molecular weight excluding hydrogens is 321 g/mol. The van der Waals surface area contributed by atoms with Gasteiger partial charge < -0.3 is 5.32 Å². The number of halogens is 2. The monoisotopic (exact) mass is 331 g/mol. The molecule has 1 fully saturated rings. The van der Waals surface area contributed by atoms with Crippen molar-refractivity contribution in [3.63, 3.8) is 0 Å². The molecule has 2 aromatic rings. The van der Waals surface area contributed by atoms with Crippen LogP contribution in [0.5, 0.6) is 0 Å². The quantitative estimate of drug-likeness (QED) is 0.534. The lowest BCUT2D eigenvalue weighted by Crippen LogP contribution is -2.27. The lowest BCUT2D eigenvalue weighted by atomic mass is 9.86. The van der Waals surface area contributed by atoms with Crippen LogP contribution in [0.1, 0.15) is 22.0 Å². The van der Waals surface area contributed by atoms with E-state index in [2.05, 4.69) is 5.32 Å². The Morgan fingerprint density at radius 3 is 2.35 bits per heavy atom. The number of ketones is 2. The van der Waals surface area contributed by atoms with Gasteiger partial charge in [0, 0.05) is 16.1 Å². The van der Waals surface area contributed by atoms with E-state index in [1.165, 1.54) is 42.5 Å². The first-order valence-electron chi connectivity index (χ1n) is 6.88. The molecule has 1 aliphatic heterocycles. The molecule has 1 aliphatic rings. The predicted octanol–water partition coefficient (Wildman–Crippen LogP) is 2.72. The van der Waals surface area contributed by atoms with Gasteiger partial charge in [-0.15, -0.1) is 0 Å². The molecule has 1 N–H and O–H groups in total. The summed E-state index contributed by atoms with van der Waals surface area (Å²) in [6, 6.07) is 10.7. The number of benzene rings is 2. The first-order chi connectivity index (χ1) is 11.0. The lowest BCUT2D eigenvalue weighted by molar-refractivity contribution is -0.135. The van der Waals surface area contributed by atoms with E-state index in [1.807, 2.05) is 0 Å². The average molecular weight is 332 g/mol. The summed E-state index contributed by atoms with van der Waals surface area (Å²) >= 11 is 5.78. The van der Waals surface area contributed by atoms with Gasteiger partial charge in [0.25, 0.3) is 5.91 Å². The highest BCUT2D eigenvalue weighted by Gasteiger charge is 2.47. The molecule has 116 valence electrons. The molecule has 1 saturated heterocycles. The molecular formula is C17H11ClFNO3. The van der Waals surface area contributed by atoms with Crippen LogP contribution in [0.2, 0.25) is 5.02 Å². The normalized spacial score (nSPS) is 20.4. The lowest BCUT2D eigenvalue weighted by Gasteiger charge is -2.17. The number of hydrogen-bond donors (Lipinski definition) is 1. The van der Waals surface area contributed by atoms with Gasteiger partial charge in [0.15, 0.2) is 5.78 Å². The van der Waals surface area contributed by atoms with Crippen LogP contribution in [0.3, 0.4) is 0 Å². The summed E-state index contributed by atoms with van der Waals surface area (Å²) in [5.74, 6) is -4.16. The van der Waals surface area contributed by atoms with Crippen LogP contribution in [0.25, 0.3) is 0 Å². The van der Waals surface area contributed by atoms with E-state index in [0.717, 1.165) is 0 Å². The zero-order valence-corrected chi connectivity index (χ0v) is 12.5. The number of carbonyl (C=O) groups is 3. The standard InChI is InChI=1S/C17H11ClFNO3/c18-10-7-5-9(6-8-10)15(21)13-14(20-17(23)16(13)22)11-3-1-2-4-12(11)19/h1-8,13-14H,(H,20,23). The van der Waals surface area contributed by atoms with Crippen molar-refractivity contribution >= 4 is 29.1 Å². The van der Waals surface area contributed by atoms with Crippen LogP contribution in [-0.4, -0.2) is 17.5 Å². The van der Waals surface area contributed by atoms with Gasteiger partial charge in [0.1, 0.15) is 11.7 Å². The van der Waals surface area contributed by atoms with E-state index in [0.29, 0.717) is 5.02 Å². The predicted molar refractivity (Wildman–Crippen MR) is 81.6 cm³/mol. The number of hydrogen-bond acceptors (Lipinski definition) is 3. The van der Waals surface area contributed by atoms with Gasteiger partial charge in [0.2, 0.25) is 5.78 Å². The zero-order valence-electron chi connectivity index (χ0n) is 11.8. The van der Waals surface area contributed by atoms with Gasteiger partial charge in [-0.1, -0.05) is 29.8 Å². The molecule has 1 heterocycles. The molecule has 1 amide bonds. The molecule has 6 heteroatoms. The SMILES string of the molecule is O=C1NC(c2ccccc2F)C(C(=O)c2ccc(Cl)cc2)C1=O. The van der Waals surface area contributed by atoms with Crippen LogP contribution in [0.4, 0.5) is 4.39 Å². The topological polar surface area (TPSA) is 63.2 Å². The molecule has 0 aromatic heterocycles. The molecule has 2 aromatic carbocycles. The molecule has 0 saturated carbocycles. The summed E-state index contributed by atoms with van der Waals surface area (Å²) < 4.78 is 14.0. The number of rotatable bonds is 3. The van der Waals surface area contributed by atoms with Crippen LogP contribution in [-0.2, 0) is 9.59 Å². The minimum absolute atomic E-state index is 0.110. The second kappa shape index (κ2) is 5.93. The third-order valence-corrected chi connectivity index (χ3v) is 4.03. The molecule has 3 rings (SSSR count). The first-order valence-corrected chi connectivity index (χ1v) is 7.26. The van der Waals surface area contributed by atoms with E-state index in [1.54, 1.807) is 6.07 Å². The van der Waals surface area contributed by atoms with Crippen LogP contribution < -0.4 is 5.32 Å². The summed E-state index contributed by atoms with van der Waals surface area (Å²) in [6.07, 6.45) is 0. The van der Waals surface area contributed by atoms with Crippen molar-refractivity contribution in [1.29, 1.82) is 0 Å². The number of amides is 1.